The first-order valence-electron chi connectivity index (χ1n) is 6.69. The Morgan fingerprint density at radius 3 is 2.65 bits per heavy atom. The van der Waals surface area contributed by atoms with Crippen LogP contribution < -0.4 is 16.6 Å². The molecule has 0 aliphatic rings. The predicted octanol–water partition coefficient (Wildman–Crippen LogP) is 1.37. The summed E-state index contributed by atoms with van der Waals surface area (Å²) in [5, 5.41) is 7.67. The van der Waals surface area contributed by atoms with Gasteiger partial charge in [-0.05, 0) is 13.3 Å². The standard InChI is InChI=1S/C13H21N7/c1-4-5-11-12(16-8-17-13(11)18-14)15-6-10-7-20(3)19-9(10)2/h7-8H,4-6,14H2,1-3H3,(H2,15,16,17,18). The monoisotopic (exact) mass is 275 g/mol. The maximum atomic E-state index is 5.50. The second kappa shape index (κ2) is 6.33. The van der Waals surface area contributed by atoms with Gasteiger partial charge in [-0.25, -0.2) is 15.8 Å². The first-order chi connectivity index (χ1) is 9.65. The van der Waals surface area contributed by atoms with E-state index in [1.165, 1.54) is 6.33 Å². The molecule has 0 aliphatic heterocycles. The summed E-state index contributed by atoms with van der Waals surface area (Å²) in [5.74, 6) is 6.99. The lowest BCUT2D eigenvalue weighted by Gasteiger charge is -2.13. The Kier molecular flexibility index (Phi) is 4.52. The summed E-state index contributed by atoms with van der Waals surface area (Å²) in [6, 6.07) is 0. The molecule has 2 rings (SSSR count). The molecule has 2 aromatic heterocycles. The SMILES string of the molecule is CCCc1c(NN)ncnc1NCc1cn(C)nc1C. The van der Waals surface area contributed by atoms with E-state index < -0.39 is 0 Å². The fraction of sp³-hybridized carbons (Fsp3) is 0.462. The van der Waals surface area contributed by atoms with Crippen molar-refractivity contribution in [2.45, 2.75) is 33.2 Å². The van der Waals surface area contributed by atoms with E-state index in [1.807, 2.05) is 24.9 Å². The van der Waals surface area contributed by atoms with Gasteiger partial charge >= 0.3 is 0 Å². The molecule has 20 heavy (non-hydrogen) atoms. The highest BCUT2D eigenvalue weighted by Crippen LogP contribution is 2.21. The number of nitrogen functional groups attached to an aromatic ring is 1. The molecule has 0 bridgehead atoms. The van der Waals surface area contributed by atoms with Crippen LogP contribution in [-0.2, 0) is 20.0 Å². The molecule has 0 fully saturated rings. The predicted molar refractivity (Wildman–Crippen MR) is 79.1 cm³/mol. The molecule has 2 aromatic rings. The summed E-state index contributed by atoms with van der Waals surface area (Å²) >= 11 is 0. The summed E-state index contributed by atoms with van der Waals surface area (Å²) < 4.78 is 1.81. The van der Waals surface area contributed by atoms with E-state index in [2.05, 4.69) is 32.7 Å². The highest BCUT2D eigenvalue weighted by Gasteiger charge is 2.11. The number of nitrogens with two attached hydrogens (primary N) is 1. The third-order valence-electron chi connectivity index (χ3n) is 3.14. The van der Waals surface area contributed by atoms with Crippen LogP contribution >= 0.6 is 0 Å². The minimum Gasteiger partial charge on any atom is -0.365 e. The summed E-state index contributed by atoms with van der Waals surface area (Å²) in [6.45, 7) is 4.79. The van der Waals surface area contributed by atoms with Crippen molar-refractivity contribution in [3.63, 3.8) is 0 Å². The minimum absolute atomic E-state index is 0.673. The average Bonchev–Trinajstić information content (AvgIpc) is 2.76. The lowest BCUT2D eigenvalue weighted by Crippen LogP contribution is -2.14. The zero-order valence-electron chi connectivity index (χ0n) is 12.1. The Hall–Kier alpha value is -2.15. The van der Waals surface area contributed by atoms with E-state index in [9.17, 15) is 0 Å². The molecule has 2 heterocycles. The van der Waals surface area contributed by atoms with Gasteiger partial charge in [-0.3, -0.25) is 4.68 Å². The molecule has 4 N–H and O–H groups in total. The molecule has 0 unspecified atom stereocenters. The summed E-state index contributed by atoms with van der Waals surface area (Å²) in [7, 11) is 1.92. The topological polar surface area (TPSA) is 93.7 Å². The molecule has 0 spiro atoms. The van der Waals surface area contributed by atoms with Crippen LogP contribution in [0.2, 0.25) is 0 Å². The first kappa shape index (κ1) is 14.3. The highest BCUT2D eigenvalue weighted by atomic mass is 15.3. The molecular formula is C13H21N7. The zero-order valence-corrected chi connectivity index (χ0v) is 12.1. The number of hydrazine groups is 1. The largest absolute Gasteiger partial charge is 0.365 e. The lowest BCUT2D eigenvalue weighted by molar-refractivity contribution is 0.756. The number of aromatic nitrogens is 4. The fourth-order valence-electron chi connectivity index (χ4n) is 2.18. The number of nitrogens with zero attached hydrogens (tertiary/aromatic N) is 4. The van der Waals surface area contributed by atoms with Crippen molar-refractivity contribution in [2.24, 2.45) is 12.9 Å². The normalized spacial score (nSPS) is 10.6. The number of rotatable bonds is 6. The van der Waals surface area contributed by atoms with Gasteiger partial charge in [0.1, 0.15) is 18.0 Å². The summed E-state index contributed by atoms with van der Waals surface area (Å²) in [6.07, 6.45) is 5.38. The van der Waals surface area contributed by atoms with E-state index in [-0.39, 0.29) is 0 Å². The molecule has 7 nitrogen and oxygen atoms in total. The van der Waals surface area contributed by atoms with Crippen LogP contribution in [0.3, 0.4) is 0 Å². The van der Waals surface area contributed by atoms with Crippen LogP contribution in [0.1, 0.15) is 30.2 Å². The average molecular weight is 275 g/mol. The van der Waals surface area contributed by atoms with Crippen molar-refractivity contribution in [2.75, 3.05) is 10.7 Å². The molecule has 0 saturated carbocycles. The van der Waals surface area contributed by atoms with Crippen LogP contribution in [0.15, 0.2) is 12.5 Å². The summed E-state index contributed by atoms with van der Waals surface area (Å²) in [4.78, 5) is 8.46. The van der Waals surface area contributed by atoms with Crippen LogP contribution in [0.5, 0.6) is 0 Å². The number of hydrogen-bond acceptors (Lipinski definition) is 6. The van der Waals surface area contributed by atoms with Crippen molar-refractivity contribution in [1.82, 2.24) is 19.7 Å². The molecule has 7 heteroatoms. The molecule has 108 valence electrons. The third kappa shape index (κ3) is 3.05. The van der Waals surface area contributed by atoms with Crippen molar-refractivity contribution >= 4 is 11.6 Å². The fourth-order valence-corrected chi connectivity index (χ4v) is 2.18. The van der Waals surface area contributed by atoms with Crippen molar-refractivity contribution < 1.29 is 0 Å². The van der Waals surface area contributed by atoms with E-state index >= 15 is 0 Å². The van der Waals surface area contributed by atoms with E-state index in [0.717, 1.165) is 35.5 Å². The van der Waals surface area contributed by atoms with Gasteiger partial charge < -0.3 is 10.7 Å². The second-order valence-electron chi connectivity index (χ2n) is 4.71. The van der Waals surface area contributed by atoms with Gasteiger partial charge in [0.15, 0.2) is 0 Å². The highest BCUT2D eigenvalue weighted by molar-refractivity contribution is 5.57. The van der Waals surface area contributed by atoms with Gasteiger partial charge in [-0.2, -0.15) is 5.10 Å². The van der Waals surface area contributed by atoms with Gasteiger partial charge in [0.05, 0.1) is 5.69 Å². The number of anilines is 2. The van der Waals surface area contributed by atoms with Crippen molar-refractivity contribution in [1.29, 1.82) is 0 Å². The Bertz CT molecular complexity index is 576. The quantitative estimate of drug-likeness (QED) is 0.544. The van der Waals surface area contributed by atoms with Crippen LogP contribution in [0.25, 0.3) is 0 Å². The maximum absolute atomic E-state index is 5.50. The zero-order chi connectivity index (χ0) is 14.5. The van der Waals surface area contributed by atoms with Crippen LogP contribution in [0, 0.1) is 6.92 Å². The van der Waals surface area contributed by atoms with E-state index in [1.54, 1.807) is 0 Å². The first-order valence-corrected chi connectivity index (χ1v) is 6.69. The minimum atomic E-state index is 0.673. The number of hydrogen-bond donors (Lipinski definition) is 3. The van der Waals surface area contributed by atoms with Crippen molar-refractivity contribution in [3.05, 3.63) is 29.3 Å². The maximum Gasteiger partial charge on any atom is 0.148 e. The van der Waals surface area contributed by atoms with Gasteiger partial charge in [0.2, 0.25) is 0 Å². The lowest BCUT2D eigenvalue weighted by atomic mass is 10.1. The molecule has 0 aromatic carbocycles. The van der Waals surface area contributed by atoms with Gasteiger partial charge in [0, 0.05) is 30.9 Å². The molecule has 0 saturated heterocycles. The van der Waals surface area contributed by atoms with Gasteiger partial charge in [0.25, 0.3) is 0 Å². The van der Waals surface area contributed by atoms with Crippen LogP contribution in [-0.4, -0.2) is 19.7 Å². The number of nitrogens with one attached hydrogen (secondary N) is 2. The van der Waals surface area contributed by atoms with E-state index in [0.29, 0.717) is 12.4 Å². The van der Waals surface area contributed by atoms with Crippen molar-refractivity contribution in [3.8, 4) is 0 Å². The van der Waals surface area contributed by atoms with E-state index in [4.69, 9.17) is 5.84 Å². The Balaban J connectivity index is 2.18. The molecular weight excluding hydrogens is 254 g/mol. The Morgan fingerprint density at radius 1 is 1.30 bits per heavy atom. The van der Waals surface area contributed by atoms with Gasteiger partial charge in [-0.15, -0.1) is 0 Å². The molecule has 0 aliphatic carbocycles. The second-order valence-corrected chi connectivity index (χ2v) is 4.71. The summed E-state index contributed by atoms with van der Waals surface area (Å²) in [5.41, 5.74) is 5.81. The molecule has 0 atom stereocenters. The molecule has 0 amide bonds. The Labute approximate surface area is 118 Å². The Morgan fingerprint density at radius 2 is 2.05 bits per heavy atom. The smallest absolute Gasteiger partial charge is 0.148 e. The number of aryl methyl sites for hydroxylation is 2. The molecule has 0 radical (unpaired) electrons. The van der Waals surface area contributed by atoms with Gasteiger partial charge in [-0.1, -0.05) is 13.3 Å². The third-order valence-corrected chi connectivity index (χ3v) is 3.14. The van der Waals surface area contributed by atoms with Crippen LogP contribution in [0.4, 0.5) is 11.6 Å².